The van der Waals surface area contributed by atoms with E-state index in [9.17, 15) is 4.79 Å². The summed E-state index contributed by atoms with van der Waals surface area (Å²) in [5.41, 5.74) is 0. The van der Waals surface area contributed by atoms with E-state index in [4.69, 9.17) is 14.2 Å². The zero-order chi connectivity index (χ0) is 12.6. The Balaban J connectivity index is 1.57. The molecule has 5 nitrogen and oxygen atoms in total. The number of rotatable bonds is 2. The predicted octanol–water partition coefficient (Wildman–Crippen LogP) is 0.919. The molecular weight excluding hydrogens is 234 g/mol. The van der Waals surface area contributed by atoms with Crippen LogP contribution in [0.5, 0.6) is 0 Å². The van der Waals surface area contributed by atoms with Gasteiger partial charge in [0.25, 0.3) is 0 Å². The van der Waals surface area contributed by atoms with Crippen LogP contribution in [0.3, 0.4) is 0 Å². The van der Waals surface area contributed by atoms with Crippen molar-refractivity contribution < 1.29 is 19.0 Å². The van der Waals surface area contributed by atoms with Gasteiger partial charge in [0.15, 0.2) is 5.79 Å². The standard InChI is InChI=1S/C13H21NO4/c1-14(11-4-7-16-12(11)15)10-2-5-13(6-3-10)17-8-9-18-13/h10-11H,2-9H2,1H3. The average molecular weight is 255 g/mol. The number of carbonyl (C=O) groups excluding carboxylic acids is 1. The van der Waals surface area contributed by atoms with Gasteiger partial charge in [0.1, 0.15) is 6.04 Å². The van der Waals surface area contributed by atoms with Crippen molar-refractivity contribution in [3.63, 3.8) is 0 Å². The molecule has 0 aromatic heterocycles. The van der Waals surface area contributed by atoms with E-state index in [1.807, 2.05) is 7.05 Å². The lowest BCUT2D eigenvalue weighted by Gasteiger charge is -2.40. The second kappa shape index (κ2) is 4.79. The Kier molecular flexibility index (Phi) is 3.30. The molecule has 3 rings (SSSR count). The molecule has 1 saturated carbocycles. The summed E-state index contributed by atoms with van der Waals surface area (Å²) in [6, 6.07) is 0.397. The van der Waals surface area contributed by atoms with Gasteiger partial charge in [0, 0.05) is 25.3 Å². The molecule has 1 aliphatic carbocycles. The minimum Gasteiger partial charge on any atom is -0.464 e. The first-order chi connectivity index (χ1) is 8.70. The van der Waals surface area contributed by atoms with Gasteiger partial charge < -0.3 is 14.2 Å². The summed E-state index contributed by atoms with van der Waals surface area (Å²) >= 11 is 0. The van der Waals surface area contributed by atoms with E-state index >= 15 is 0 Å². The largest absolute Gasteiger partial charge is 0.464 e. The quantitative estimate of drug-likeness (QED) is 0.687. The maximum absolute atomic E-state index is 11.6. The van der Waals surface area contributed by atoms with Crippen LogP contribution in [0.2, 0.25) is 0 Å². The van der Waals surface area contributed by atoms with E-state index in [1.165, 1.54) is 0 Å². The van der Waals surface area contributed by atoms with E-state index in [0.29, 0.717) is 12.6 Å². The van der Waals surface area contributed by atoms with E-state index in [0.717, 1.165) is 45.3 Å². The summed E-state index contributed by atoms with van der Waals surface area (Å²) in [5.74, 6) is -0.376. The second-order valence-electron chi connectivity index (χ2n) is 5.48. The topological polar surface area (TPSA) is 48.0 Å². The molecule has 1 atom stereocenters. The van der Waals surface area contributed by atoms with Gasteiger partial charge in [0.2, 0.25) is 0 Å². The summed E-state index contributed by atoms with van der Waals surface area (Å²) in [7, 11) is 2.04. The third-order valence-corrected chi connectivity index (χ3v) is 4.51. The molecule has 0 aromatic rings. The molecule has 2 aliphatic heterocycles. The first kappa shape index (κ1) is 12.4. The highest BCUT2D eigenvalue weighted by atomic mass is 16.7. The molecule has 102 valence electrons. The van der Waals surface area contributed by atoms with Crippen LogP contribution < -0.4 is 0 Å². The van der Waals surface area contributed by atoms with Crippen molar-refractivity contribution in [2.45, 2.75) is 50.0 Å². The molecule has 3 aliphatic rings. The summed E-state index contributed by atoms with van der Waals surface area (Å²) < 4.78 is 16.5. The van der Waals surface area contributed by atoms with Crippen LogP contribution in [-0.4, -0.2) is 55.6 Å². The maximum Gasteiger partial charge on any atom is 0.323 e. The first-order valence-corrected chi connectivity index (χ1v) is 6.87. The Labute approximate surface area is 107 Å². The molecule has 0 bridgehead atoms. The van der Waals surface area contributed by atoms with Crippen molar-refractivity contribution in [2.75, 3.05) is 26.9 Å². The molecule has 0 radical (unpaired) electrons. The van der Waals surface area contributed by atoms with Gasteiger partial charge in [-0.15, -0.1) is 0 Å². The monoisotopic (exact) mass is 255 g/mol. The third-order valence-electron chi connectivity index (χ3n) is 4.51. The number of nitrogens with zero attached hydrogens (tertiary/aromatic N) is 1. The first-order valence-electron chi connectivity index (χ1n) is 6.87. The Bertz CT molecular complexity index is 317. The van der Waals surface area contributed by atoms with Crippen molar-refractivity contribution in [3.8, 4) is 0 Å². The van der Waals surface area contributed by atoms with Gasteiger partial charge in [0.05, 0.1) is 19.8 Å². The highest BCUT2D eigenvalue weighted by molar-refractivity contribution is 5.77. The fourth-order valence-corrected chi connectivity index (χ4v) is 3.34. The molecule has 18 heavy (non-hydrogen) atoms. The van der Waals surface area contributed by atoms with Crippen LogP contribution in [0.25, 0.3) is 0 Å². The van der Waals surface area contributed by atoms with Crippen molar-refractivity contribution in [2.24, 2.45) is 0 Å². The number of likely N-dealkylation sites (N-methyl/N-ethyl adjacent to an activating group) is 1. The second-order valence-corrected chi connectivity index (χ2v) is 5.48. The lowest BCUT2D eigenvalue weighted by atomic mass is 9.88. The minimum atomic E-state index is -0.312. The normalized spacial score (nSPS) is 32.3. The molecule has 2 saturated heterocycles. The zero-order valence-corrected chi connectivity index (χ0v) is 10.9. The Morgan fingerprint density at radius 1 is 1.11 bits per heavy atom. The summed E-state index contributed by atoms with van der Waals surface area (Å²) in [4.78, 5) is 13.8. The SMILES string of the molecule is CN(C1CCC2(CC1)OCCO2)C1CCOC1=O. The number of cyclic esters (lactones) is 1. The molecule has 3 fully saturated rings. The van der Waals surface area contributed by atoms with Gasteiger partial charge in [-0.2, -0.15) is 0 Å². The number of hydrogen-bond acceptors (Lipinski definition) is 5. The van der Waals surface area contributed by atoms with E-state index in [2.05, 4.69) is 4.90 Å². The zero-order valence-electron chi connectivity index (χ0n) is 10.9. The fraction of sp³-hybridized carbons (Fsp3) is 0.923. The van der Waals surface area contributed by atoms with Crippen molar-refractivity contribution in [1.29, 1.82) is 0 Å². The maximum atomic E-state index is 11.6. The lowest BCUT2D eigenvalue weighted by Crippen LogP contribution is -2.47. The van der Waals surface area contributed by atoms with E-state index in [-0.39, 0.29) is 17.8 Å². The molecular formula is C13H21NO4. The predicted molar refractivity (Wildman–Crippen MR) is 64.0 cm³/mol. The van der Waals surface area contributed by atoms with Crippen molar-refractivity contribution >= 4 is 5.97 Å². The van der Waals surface area contributed by atoms with Gasteiger partial charge >= 0.3 is 5.97 Å². The number of esters is 1. The van der Waals surface area contributed by atoms with Crippen molar-refractivity contribution in [3.05, 3.63) is 0 Å². The molecule has 1 spiro atoms. The molecule has 5 heteroatoms. The van der Waals surface area contributed by atoms with Crippen LogP contribution >= 0.6 is 0 Å². The summed E-state index contributed by atoms with van der Waals surface area (Å²) in [5, 5.41) is 0. The van der Waals surface area contributed by atoms with E-state index in [1.54, 1.807) is 0 Å². The highest BCUT2D eigenvalue weighted by Crippen LogP contribution is 2.37. The molecule has 1 unspecified atom stereocenters. The molecule has 2 heterocycles. The number of carbonyl (C=O) groups is 1. The fourth-order valence-electron chi connectivity index (χ4n) is 3.34. The Morgan fingerprint density at radius 3 is 2.33 bits per heavy atom. The molecule has 0 aromatic carbocycles. The molecule has 0 amide bonds. The van der Waals surface area contributed by atoms with Gasteiger partial charge in [-0.25, -0.2) is 0 Å². The Morgan fingerprint density at radius 2 is 1.78 bits per heavy atom. The summed E-state index contributed by atoms with van der Waals surface area (Å²) in [6.45, 7) is 2.00. The smallest absolute Gasteiger partial charge is 0.323 e. The third kappa shape index (κ3) is 2.15. The van der Waals surface area contributed by atoms with Crippen molar-refractivity contribution in [1.82, 2.24) is 4.90 Å². The van der Waals surface area contributed by atoms with Gasteiger partial charge in [-0.05, 0) is 19.9 Å². The number of ether oxygens (including phenoxy) is 3. The minimum absolute atomic E-state index is 0.0468. The van der Waals surface area contributed by atoms with E-state index < -0.39 is 0 Å². The van der Waals surface area contributed by atoms with Gasteiger partial charge in [-0.1, -0.05) is 0 Å². The molecule has 0 N–H and O–H groups in total. The van der Waals surface area contributed by atoms with Crippen LogP contribution in [-0.2, 0) is 19.0 Å². The van der Waals surface area contributed by atoms with Crippen LogP contribution in [0, 0.1) is 0 Å². The summed E-state index contributed by atoms with van der Waals surface area (Å²) in [6.07, 6.45) is 4.75. The van der Waals surface area contributed by atoms with Crippen LogP contribution in [0.1, 0.15) is 32.1 Å². The average Bonchev–Trinajstić information content (AvgIpc) is 2.99. The van der Waals surface area contributed by atoms with Gasteiger partial charge in [-0.3, -0.25) is 9.69 Å². The Hall–Kier alpha value is -0.650. The lowest BCUT2D eigenvalue weighted by molar-refractivity contribution is -0.184. The van der Waals surface area contributed by atoms with Crippen LogP contribution in [0.4, 0.5) is 0 Å². The highest BCUT2D eigenvalue weighted by Gasteiger charge is 2.43. The van der Waals surface area contributed by atoms with Crippen LogP contribution in [0.15, 0.2) is 0 Å². The number of hydrogen-bond donors (Lipinski definition) is 0.